The maximum absolute atomic E-state index is 12.8. The van der Waals surface area contributed by atoms with Gasteiger partial charge >= 0.3 is 0 Å². The van der Waals surface area contributed by atoms with E-state index in [1.54, 1.807) is 12.1 Å². The summed E-state index contributed by atoms with van der Waals surface area (Å²) >= 11 is 0. The third-order valence-corrected chi connectivity index (χ3v) is 2.95. The Morgan fingerprint density at radius 3 is 2.12 bits per heavy atom. The molecule has 0 saturated carbocycles. The van der Waals surface area contributed by atoms with E-state index < -0.39 is 0 Å². The highest BCUT2D eigenvalue weighted by Crippen LogP contribution is 2.18. The fourth-order valence-corrected chi connectivity index (χ4v) is 1.90. The van der Waals surface area contributed by atoms with Crippen LogP contribution in [0, 0.1) is 17.7 Å². The van der Waals surface area contributed by atoms with Crippen LogP contribution in [0.15, 0.2) is 24.3 Å². The van der Waals surface area contributed by atoms with Gasteiger partial charge in [-0.25, -0.2) is 4.39 Å². The SMILES string of the molecule is CC(C)C(Cc1ccc(F)cc1)CN(C)C. The molecule has 1 nitrogen and oxygen atoms in total. The number of hydrogen-bond acceptors (Lipinski definition) is 1. The Morgan fingerprint density at radius 1 is 1.12 bits per heavy atom. The largest absolute Gasteiger partial charge is 0.309 e. The summed E-state index contributed by atoms with van der Waals surface area (Å²) in [5, 5.41) is 0. The second kappa shape index (κ2) is 6.00. The van der Waals surface area contributed by atoms with Gasteiger partial charge in [-0.3, -0.25) is 0 Å². The van der Waals surface area contributed by atoms with E-state index in [9.17, 15) is 4.39 Å². The molecule has 1 rings (SSSR count). The molecule has 0 aliphatic heterocycles. The first-order chi connectivity index (χ1) is 7.49. The minimum absolute atomic E-state index is 0.155. The Morgan fingerprint density at radius 2 is 1.69 bits per heavy atom. The van der Waals surface area contributed by atoms with Crippen LogP contribution in [0.25, 0.3) is 0 Å². The van der Waals surface area contributed by atoms with Gasteiger partial charge in [-0.2, -0.15) is 0 Å². The van der Waals surface area contributed by atoms with Gasteiger partial charge in [0, 0.05) is 6.54 Å². The van der Waals surface area contributed by atoms with Crippen LogP contribution in [0.5, 0.6) is 0 Å². The lowest BCUT2D eigenvalue weighted by atomic mass is 9.89. The second-order valence-electron chi connectivity index (χ2n) is 5.10. The van der Waals surface area contributed by atoms with Gasteiger partial charge in [0.15, 0.2) is 0 Å². The molecule has 0 fully saturated rings. The summed E-state index contributed by atoms with van der Waals surface area (Å²) in [6.07, 6.45) is 1.02. The van der Waals surface area contributed by atoms with E-state index in [2.05, 4.69) is 32.8 Å². The molecule has 0 aromatic heterocycles. The second-order valence-corrected chi connectivity index (χ2v) is 5.10. The van der Waals surface area contributed by atoms with Crippen LogP contribution in [0.3, 0.4) is 0 Å². The average Bonchev–Trinajstić information content (AvgIpc) is 2.19. The Hall–Kier alpha value is -0.890. The molecule has 0 amide bonds. The first kappa shape index (κ1) is 13.2. The van der Waals surface area contributed by atoms with Gasteiger partial charge in [0.25, 0.3) is 0 Å². The molecule has 1 aromatic rings. The van der Waals surface area contributed by atoms with E-state index in [1.807, 2.05) is 12.1 Å². The molecule has 1 unspecified atom stereocenters. The molecule has 0 bridgehead atoms. The molecular formula is C14H22FN. The van der Waals surface area contributed by atoms with Gasteiger partial charge in [0.1, 0.15) is 5.82 Å². The summed E-state index contributed by atoms with van der Waals surface area (Å²) in [5.74, 6) is 1.12. The van der Waals surface area contributed by atoms with Crippen molar-refractivity contribution in [1.29, 1.82) is 0 Å². The van der Waals surface area contributed by atoms with E-state index in [4.69, 9.17) is 0 Å². The summed E-state index contributed by atoms with van der Waals surface area (Å²) in [6, 6.07) is 6.87. The molecule has 0 spiro atoms. The van der Waals surface area contributed by atoms with Gasteiger partial charge in [-0.15, -0.1) is 0 Å². The number of benzene rings is 1. The molecule has 0 N–H and O–H groups in total. The van der Waals surface area contributed by atoms with Crippen LogP contribution in [0.1, 0.15) is 19.4 Å². The zero-order chi connectivity index (χ0) is 12.1. The molecule has 0 aliphatic rings. The Kier molecular flexibility index (Phi) is 4.94. The maximum Gasteiger partial charge on any atom is 0.123 e. The number of nitrogens with zero attached hydrogens (tertiary/aromatic N) is 1. The summed E-state index contributed by atoms with van der Waals surface area (Å²) in [5.41, 5.74) is 1.22. The highest BCUT2D eigenvalue weighted by atomic mass is 19.1. The zero-order valence-corrected chi connectivity index (χ0v) is 10.7. The third-order valence-electron chi connectivity index (χ3n) is 2.95. The summed E-state index contributed by atoms with van der Waals surface area (Å²) in [6.45, 7) is 5.57. The van der Waals surface area contributed by atoms with Crippen LogP contribution in [-0.2, 0) is 6.42 Å². The molecule has 1 atom stereocenters. The van der Waals surface area contributed by atoms with Crippen molar-refractivity contribution in [3.05, 3.63) is 35.6 Å². The van der Waals surface area contributed by atoms with Crippen molar-refractivity contribution in [2.75, 3.05) is 20.6 Å². The number of hydrogen-bond donors (Lipinski definition) is 0. The van der Waals surface area contributed by atoms with E-state index in [0.717, 1.165) is 13.0 Å². The molecule has 0 aliphatic carbocycles. The van der Waals surface area contributed by atoms with E-state index in [0.29, 0.717) is 11.8 Å². The summed E-state index contributed by atoms with van der Waals surface area (Å²) < 4.78 is 12.8. The van der Waals surface area contributed by atoms with Gasteiger partial charge in [-0.1, -0.05) is 26.0 Å². The van der Waals surface area contributed by atoms with Crippen molar-refractivity contribution in [2.24, 2.45) is 11.8 Å². The van der Waals surface area contributed by atoms with Crippen molar-refractivity contribution in [3.8, 4) is 0 Å². The monoisotopic (exact) mass is 223 g/mol. The Balaban J connectivity index is 2.64. The minimum atomic E-state index is -0.155. The topological polar surface area (TPSA) is 3.24 Å². The highest BCUT2D eigenvalue weighted by molar-refractivity contribution is 5.16. The fourth-order valence-electron chi connectivity index (χ4n) is 1.90. The Labute approximate surface area is 98.3 Å². The van der Waals surface area contributed by atoms with Gasteiger partial charge in [-0.05, 0) is 50.0 Å². The lowest BCUT2D eigenvalue weighted by Gasteiger charge is -2.24. The molecule has 16 heavy (non-hydrogen) atoms. The zero-order valence-electron chi connectivity index (χ0n) is 10.7. The molecule has 0 heterocycles. The van der Waals surface area contributed by atoms with Crippen molar-refractivity contribution in [2.45, 2.75) is 20.3 Å². The molecular weight excluding hydrogens is 201 g/mol. The molecule has 90 valence electrons. The van der Waals surface area contributed by atoms with Crippen LogP contribution in [0.2, 0.25) is 0 Å². The lowest BCUT2D eigenvalue weighted by molar-refractivity contribution is 0.267. The van der Waals surface area contributed by atoms with E-state index in [-0.39, 0.29) is 5.82 Å². The van der Waals surface area contributed by atoms with E-state index >= 15 is 0 Å². The third kappa shape index (κ3) is 4.31. The Bertz CT molecular complexity index is 303. The van der Waals surface area contributed by atoms with Crippen LogP contribution in [0.4, 0.5) is 4.39 Å². The van der Waals surface area contributed by atoms with E-state index in [1.165, 1.54) is 5.56 Å². The van der Waals surface area contributed by atoms with Gasteiger partial charge in [0.2, 0.25) is 0 Å². The predicted molar refractivity (Wildman–Crippen MR) is 67.0 cm³/mol. The van der Waals surface area contributed by atoms with Crippen LogP contribution in [-0.4, -0.2) is 25.5 Å². The van der Waals surface area contributed by atoms with Crippen molar-refractivity contribution < 1.29 is 4.39 Å². The number of rotatable bonds is 5. The van der Waals surface area contributed by atoms with Gasteiger partial charge in [0.05, 0.1) is 0 Å². The highest BCUT2D eigenvalue weighted by Gasteiger charge is 2.14. The average molecular weight is 223 g/mol. The van der Waals surface area contributed by atoms with Gasteiger partial charge < -0.3 is 4.90 Å². The molecule has 2 heteroatoms. The summed E-state index contributed by atoms with van der Waals surface area (Å²) in [4.78, 5) is 2.22. The molecule has 0 saturated heterocycles. The first-order valence-corrected chi connectivity index (χ1v) is 5.88. The predicted octanol–water partition coefficient (Wildman–Crippen LogP) is 3.20. The number of halogens is 1. The van der Waals surface area contributed by atoms with Crippen molar-refractivity contribution >= 4 is 0 Å². The fraction of sp³-hybridized carbons (Fsp3) is 0.571. The quantitative estimate of drug-likeness (QED) is 0.741. The summed E-state index contributed by atoms with van der Waals surface area (Å²) in [7, 11) is 4.19. The maximum atomic E-state index is 12.8. The standard InChI is InChI=1S/C14H22FN/c1-11(2)13(10-16(3)4)9-12-5-7-14(15)8-6-12/h5-8,11,13H,9-10H2,1-4H3. The van der Waals surface area contributed by atoms with Crippen molar-refractivity contribution in [3.63, 3.8) is 0 Å². The first-order valence-electron chi connectivity index (χ1n) is 5.88. The smallest absolute Gasteiger partial charge is 0.123 e. The molecule has 1 aromatic carbocycles. The molecule has 0 radical (unpaired) electrons. The van der Waals surface area contributed by atoms with Crippen molar-refractivity contribution in [1.82, 2.24) is 4.90 Å². The van der Waals surface area contributed by atoms with Crippen LogP contribution >= 0.6 is 0 Å². The normalized spacial score (nSPS) is 13.4. The minimum Gasteiger partial charge on any atom is -0.309 e. The lowest BCUT2D eigenvalue weighted by Crippen LogP contribution is -2.27. The van der Waals surface area contributed by atoms with Crippen LogP contribution < -0.4 is 0 Å².